The number of hydrogen-bond acceptors (Lipinski definition) is 23. The number of aliphatic carboxylic acids is 1. The number of thioether (sulfide) groups is 3. The zero-order chi connectivity index (χ0) is 86.1. The summed E-state index contributed by atoms with van der Waals surface area (Å²) in [5.74, 6) is -12.5. The van der Waals surface area contributed by atoms with Crippen molar-refractivity contribution in [2.75, 3.05) is 74.0 Å². The molecule has 2 aliphatic rings. The van der Waals surface area contributed by atoms with Gasteiger partial charge in [0.25, 0.3) is 0 Å². The Morgan fingerprint density at radius 2 is 1.13 bits per heavy atom. The number of benzene rings is 4. The zero-order valence-corrected chi connectivity index (χ0v) is 69.7. The number of Topliss-reactive ketones (excluding diaryl/α,β-unsaturated/α-hetero) is 1. The summed E-state index contributed by atoms with van der Waals surface area (Å²) >= 11 is 3.32. The van der Waals surface area contributed by atoms with Gasteiger partial charge in [-0.05, 0) is 117 Å². The second kappa shape index (κ2) is 46.7. The van der Waals surface area contributed by atoms with Crippen molar-refractivity contribution in [1.29, 1.82) is 10.8 Å². The lowest BCUT2D eigenvalue weighted by Gasteiger charge is -2.31. The summed E-state index contributed by atoms with van der Waals surface area (Å²) in [6.07, 6.45) is 4.03. The van der Waals surface area contributed by atoms with Crippen LogP contribution in [-0.4, -0.2) is 243 Å². The fourth-order valence-electron chi connectivity index (χ4n) is 12.8. The van der Waals surface area contributed by atoms with Gasteiger partial charge in [0.05, 0.1) is 11.8 Å². The van der Waals surface area contributed by atoms with Crippen LogP contribution in [0, 0.1) is 16.7 Å². The van der Waals surface area contributed by atoms with Gasteiger partial charge in [0.15, 0.2) is 24.3 Å². The Bertz CT molecular complexity index is 4570. The van der Waals surface area contributed by atoms with E-state index >= 15 is 24.0 Å². The van der Waals surface area contributed by atoms with Crippen LogP contribution in [0.15, 0.2) is 127 Å². The SMILES string of the molecule is CSCC[C@@H]1NC(=O)[C@H](Cc2c[nH]c3ccccc23)NC(=O)[C@H](CCCNC(=N)N)NC(=O)[C@H](Cc2c[nH]c3ccccc23)NC(=O)[C@H](CCCNC(=N)N)NC(=O)[C@H](C)NC(=O)[C@@H](NC(=O)[C@@H](N)C(C)C)CSC/C(=N/OCC(=O)CP(=O)(Oc2ccccc2)Oc2ccccc2)CSC[C@@H](C(=O)NCC(=O)O)NC(=O)[C@@H]2CCCN2C1=O. The lowest BCUT2D eigenvalue weighted by atomic mass is 10.0. The van der Waals surface area contributed by atoms with Crippen LogP contribution in [0.25, 0.3) is 21.8 Å². The minimum atomic E-state index is -4.34. The summed E-state index contributed by atoms with van der Waals surface area (Å²) in [6.45, 7) is 3.04. The number of rotatable bonds is 30. The number of carbonyl (C=O) groups excluding carboxylic acids is 11. The topological polar surface area (TPSA) is 575 Å². The fraction of sp³-hybridized carbons (Fsp3) is 0.449. The van der Waals surface area contributed by atoms with E-state index in [0.717, 1.165) is 23.5 Å². The van der Waals surface area contributed by atoms with Gasteiger partial charge in [-0.3, -0.25) is 68.4 Å². The van der Waals surface area contributed by atoms with Crippen LogP contribution < -0.4 is 84.7 Å². The molecule has 4 aromatic carbocycles. The Morgan fingerprint density at radius 1 is 0.639 bits per heavy atom. The van der Waals surface area contributed by atoms with Gasteiger partial charge in [0.1, 0.15) is 78.6 Å². The van der Waals surface area contributed by atoms with Crippen molar-refractivity contribution in [3.63, 3.8) is 0 Å². The van der Waals surface area contributed by atoms with Crippen LogP contribution in [-0.2, 0) is 79.8 Å². The lowest BCUT2D eigenvalue weighted by Crippen LogP contribution is -2.61. The third-order valence-electron chi connectivity index (χ3n) is 19.1. The van der Waals surface area contributed by atoms with E-state index in [1.54, 1.807) is 111 Å². The first-order valence-corrected chi connectivity index (χ1v) is 44.1. The van der Waals surface area contributed by atoms with Gasteiger partial charge in [-0.1, -0.05) is 91.8 Å². The summed E-state index contributed by atoms with van der Waals surface area (Å²) in [5, 5.41) is 60.7. The summed E-state index contributed by atoms with van der Waals surface area (Å²) < 4.78 is 26.1. The van der Waals surface area contributed by atoms with Crippen LogP contribution in [0.4, 0.5) is 0 Å². The smallest absolute Gasteiger partial charge is 0.438 e. The third kappa shape index (κ3) is 29.6. The van der Waals surface area contributed by atoms with Crippen molar-refractivity contribution < 1.29 is 81.1 Å². The molecule has 2 aliphatic heterocycles. The van der Waals surface area contributed by atoms with Gasteiger partial charge in [-0.2, -0.15) is 35.3 Å². The van der Waals surface area contributed by atoms with Gasteiger partial charge in [0, 0.05) is 89.7 Å². The molecule has 10 atom stereocenters. The molecule has 2 aromatic heterocycles. The van der Waals surface area contributed by atoms with Crippen molar-refractivity contribution in [3.8, 4) is 11.5 Å². The second-order valence-electron chi connectivity index (χ2n) is 28.7. The van der Waals surface area contributed by atoms with E-state index in [1.165, 1.54) is 47.9 Å². The maximum Gasteiger partial charge on any atom is 0.438 e. The number of para-hydroxylation sites is 4. The van der Waals surface area contributed by atoms with Gasteiger partial charge < -0.3 is 110 Å². The molecule has 0 saturated carbocycles. The van der Waals surface area contributed by atoms with Gasteiger partial charge >= 0.3 is 13.6 Å². The second-order valence-corrected chi connectivity index (χ2v) is 33.6. The molecule has 4 heterocycles. The quantitative estimate of drug-likeness (QED) is 0.01000. The molecule has 10 amide bonds. The van der Waals surface area contributed by atoms with E-state index in [2.05, 4.69) is 73.6 Å². The van der Waals surface area contributed by atoms with E-state index in [9.17, 15) is 43.2 Å². The predicted octanol–water partition coefficient (Wildman–Crippen LogP) is 1.56. The number of oxime groups is 1. The van der Waals surface area contributed by atoms with Gasteiger partial charge in [-0.25, -0.2) is 4.57 Å². The highest BCUT2D eigenvalue weighted by atomic mass is 32.2. The van der Waals surface area contributed by atoms with Crippen molar-refractivity contribution in [2.45, 2.75) is 139 Å². The molecule has 119 heavy (non-hydrogen) atoms. The van der Waals surface area contributed by atoms with Gasteiger partial charge in [-0.15, -0.1) is 0 Å². The highest BCUT2D eigenvalue weighted by Gasteiger charge is 2.42. The highest BCUT2D eigenvalue weighted by Crippen LogP contribution is 2.48. The van der Waals surface area contributed by atoms with Crippen molar-refractivity contribution in [3.05, 3.63) is 133 Å². The van der Waals surface area contributed by atoms with Gasteiger partial charge in [0.2, 0.25) is 59.1 Å². The number of guanidine groups is 2. The number of H-pyrrole nitrogens is 2. The standard InChI is InChI=1S/C78H105N20O17PS3/c1-45(2)66(79)75(110)96-63-44-119-42-49(97-113-39-50(99)40-116(112,114-51-18-7-5-8-19-51)115-52-20-9-6-10-21-52)41-118-43-62(68(103)88-38-65(100)101)95-74(109)64-28-17-32-98(64)76(111)59(29-33-117-4)92-72(107)61(35-48-37-87-56-25-14-12-23-54(48)56)94-70(105)58(27-16-31-85-78(82)83)91-71(106)60(34-47-36-86-55-24-13-11-22-53(47)55)93-69(104)57(26-15-30-84-77(80)81)90-67(102)46(3)89-73(63)108/h5-14,18-25,36-37,45-46,57-64,66,86-87H,15-17,26-35,38-44,79H2,1-4H3,(H,88,103)(H,89,108)(H,90,102)(H,91,106)(H,92,107)(H,93,104)(H,94,105)(H,95,109)(H,96,110)(H,100,101)(H4,80,81,84)(H4,82,83,85)/b97-49+/t46-,57-,58-,59-,60-,61-,62-,63-,64-,66-/m0/s1. The summed E-state index contributed by atoms with van der Waals surface area (Å²) in [7, 11) is -4.34. The molecule has 2 saturated heterocycles. The molecule has 642 valence electrons. The number of carboxylic acid groups (broad SMARTS) is 1. The van der Waals surface area contributed by atoms with E-state index in [1.807, 2.05) is 6.07 Å². The van der Waals surface area contributed by atoms with E-state index in [-0.39, 0.29) is 124 Å². The third-order valence-corrected chi connectivity index (χ3v) is 23.7. The summed E-state index contributed by atoms with van der Waals surface area (Å²) in [5.41, 5.74) is 20.2. The maximum absolute atomic E-state index is 15.4. The molecule has 2 fully saturated rings. The molecule has 0 spiro atoms. The van der Waals surface area contributed by atoms with Crippen LogP contribution in [0.5, 0.6) is 11.5 Å². The summed E-state index contributed by atoms with van der Waals surface area (Å²) in [6, 6.07) is 16.0. The zero-order valence-electron chi connectivity index (χ0n) is 66.3. The average molecular weight is 1720 g/mol. The fourth-order valence-corrected chi connectivity index (χ4v) is 16.9. The van der Waals surface area contributed by atoms with Crippen molar-refractivity contribution in [2.24, 2.45) is 28.3 Å². The first kappa shape index (κ1) is 93.2. The Labute approximate surface area is 700 Å². The minimum Gasteiger partial charge on any atom is -0.480 e. The first-order valence-electron chi connectivity index (χ1n) is 38.6. The number of amides is 10. The van der Waals surface area contributed by atoms with Crippen LogP contribution in [0.1, 0.15) is 76.8 Å². The van der Waals surface area contributed by atoms with Crippen molar-refractivity contribution >= 4 is 153 Å². The molecule has 6 aromatic rings. The number of fused-ring (bicyclic) bond motifs is 3. The molecular formula is C78H105N20O17PS3. The molecular weight excluding hydrogens is 1620 g/mol. The number of nitrogens with two attached hydrogens (primary N) is 3. The van der Waals surface area contributed by atoms with E-state index in [0.29, 0.717) is 38.7 Å². The lowest BCUT2D eigenvalue weighted by molar-refractivity contribution is -0.142. The Kier molecular flexibility index (Phi) is 36.6. The predicted molar refractivity (Wildman–Crippen MR) is 454 cm³/mol. The number of carbonyl (C=O) groups is 12. The molecule has 0 unspecified atom stereocenters. The Hall–Kier alpha value is -11.4. The normalized spacial score (nSPS) is 21.4. The number of hydrogen-bond donors (Lipinski definition) is 19. The van der Waals surface area contributed by atoms with Crippen LogP contribution in [0.2, 0.25) is 0 Å². The van der Waals surface area contributed by atoms with E-state index in [4.69, 9.17) is 41.9 Å². The minimum absolute atomic E-state index is 0.00556. The number of carboxylic acids is 1. The molecule has 0 radical (unpaired) electrons. The number of ketones is 1. The maximum atomic E-state index is 15.4. The molecule has 0 bridgehead atoms. The monoisotopic (exact) mass is 1720 g/mol. The Morgan fingerprint density at radius 3 is 1.66 bits per heavy atom. The number of nitrogens with one attached hydrogen (secondary N) is 15. The first-order chi connectivity index (χ1) is 57.0. The molecule has 41 heteroatoms. The van der Waals surface area contributed by atoms with E-state index < -0.39 is 170 Å². The molecule has 22 N–H and O–H groups in total. The largest absolute Gasteiger partial charge is 0.480 e. The molecule has 37 nitrogen and oxygen atoms in total. The Balaban J connectivity index is 1.19. The van der Waals surface area contributed by atoms with Crippen LogP contribution in [0.3, 0.4) is 0 Å². The molecule has 8 rings (SSSR count). The van der Waals surface area contributed by atoms with Crippen molar-refractivity contribution in [1.82, 2.24) is 73.4 Å². The highest BCUT2D eigenvalue weighted by molar-refractivity contribution is 8.01. The number of aromatic nitrogens is 2. The number of nitrogens with zero attached hydrogens (tertiary/aromatic N) is 2. The van der Waals surface area contributed by atoms with Crippen LogP contribution >= 0.6 is 42.9 Å². The number of aromatic amines is 2. The average Bonchev–Trinajstić information content (AvgIpc) is 1.73. The molecule has 0 aliphatic carbocycles. The summed E-state index contributed by atoms with van der Waals surface area (Å²) in [4.78, 5) is 188.